The molecule has 1 amide bonds. The van der Waals surface area contributed by atoms with E-state index in [-0.39, 0.29) is 17.9 Å². The number of halogens is 1. The van der Waals surface area contributed by atoms with Crippen LogP contribution in [0, 0.1) is 5.92 Å². The van der Waals surface area contributed by atoms with Crippen molar-refractivity contribution in [3.8, 4) is 0 Å². The number of aromatic nitrogens is 3. The lowest BCUT2D eigenvalue weighted by molar-refractivity contribution is 0.0922. The van der Waals surface area contributed by atoms with Crippen LogP contribution < -0.4 is 5.32 Å². The molecule has 0 spiro atoms. The second-order valence-corrected chi connectivity index (χ2v) is 8.19. The summed E-state index contributed by atoms with van der Waals surface area (Å²) in [7, 11) is 1.92. The SMILES string of the molecule is CC(C)[C@@H](NC(=O)c1ccccc1)c1nnc(SCc2ccccc2Cl)n1C. The standard InChI is InChI=1S/C21H23ClN4OS/c1-14(2)18(23-20(27)15-9-5-4-6-10-15)19-24-25-21(26(19)3)28-13-16-11-7-8-12-17(16)22/h4-12,14,18H,13H2,1-3H3,(H,23,27)/t18-/m1/s1. The molecule has 5 nitrogen and oxygen atoms in total. The Bertz CT molecular complexity index is 943. The lowest BCUT2D eigenvalue weighted by Gasteiger charge is -2.21. The number of carbonyl (C=O) groups is 1. The third-order valence-corrected chi connectivity index (χ3v) is 5.89. The van der Waals surface area contributed by atoms with Crippen molar-refractivity contribution in [1.29, 1.82) is 0 Å². The number of hydrogen-bond acceptors (Lipinski definition) is 4. The van der Waals surface area contributed by atoms with Crippen LogP contribution in [-0.4, -0.2) is 20.7 Å². The van der Waals surface area contributed by atoms with Crippen LogP contribution in [0.25, 0.3) is 0 Å². The van der Waals surface area contributed by atoms with Gasteiger partial charge in [0.2, 0.25) is 0 Å². The van der Waals surface area contributed by atoms with Gasteiger partial charge >= 0.3 is 0 Å². The van der Waals surface area contributed by atoms with Gasteiger partial charge in [0.15, 0.2) is 11.0 Å². The fourth-order valence-electron chi connectivity index (χ4n) is 2.82. The number of carbonyl (C=O) groups excluding carboxylic acids is 1. The maximum atomic E-state index is 12.6. The van der Waals surface area contributed by atoms with Crippen molar-refractivity contribution >= 4 is 29.3 Å². The fraction of sp³-hybridized carbons (Fsp3) is 0.286. The highest BCUT2D eigenvalue weighted by molar-refractivity contribution is 7.98. The molecule has 1 N–H and O–H groups in total. The number of thioether (sulfide) groups is 1. The lowest BCUT2D eigenvalue weighted by atomic mass is 10.0. The molecule has 3 aromatic rings. The minimum atomic E-state index is -0.236. The Morgan fingerprint density at radius 1 is 1.11 bits per heavy atom. The largest absolute Gasteiger partial charge is 0.342 e. The van der Waals surface area contributed by atoms with Gasteiger partial charge in [-0.1, -0.05) is 73.6 Å². The van der Waals surface area contributed by atoms with Gasteiger partial charge in [0, 0.05) is 23.4 Å². The molecule has 146 valence electrons. The number of nitrogens with one attached hydrogen (secondary N) is 1. The molecule has 3 rings (SSSR count). The predicted molar refractivity (Wildman–Crippen MR) is 114 cm³/mol. The quantitative estimate of drug-likeness (QED) is 0.559. The van der Waals surface area contributed by atoms with Crippen LogP contribution in [0.3, 0.4) is 0 Å². The van der Waals surface area contributed by atoms with Crippen molar-refractivity contribution in [3.05, 3.63) is 76.6 Å². The normalized spacial score (nSPS) is 12.2. The van der Waals surface area contributed by atoms with E-state index in [1.165, 1.54) is 0 Å². The number of hydrogen-bond donors (Lipinski definition) is 1. The van der Waals surface area contributed by atoms with Crippen molar-refractivity contribution in [2.24, 2.45) is 13.0 Å². The van der Waals surface area contributed by atoms with Gasteiger partial charge < -0.3 is 9.88 Å². The van der Waals surface area contributed by atoms with Crippen molar-refractivity contribution in [3.63, 3.8) is 0 Å². The predicted octanol–water partition coefficient (Wildman–Crippen LogP) is 4.89. The highest BCUT2D eigenvalue weighted by Crippen LogP contribution is 2.28. The van der Waals surface area contributed by atoms with Gasteiger partial charge in [0.1, 0.15) is 0 Å². The smallest absolute Gasteiger partial charge is 0.251 e. The van der Waals surface area contributed by atoms with Crippen molar-refractivity contribution in [1.82, 2.24) is 20.1 Å². The van der Waals surface area contributed by atoms with E-state index in [1.54, 1.807) is 23.9 Å². The van der Waals surface area contributed by atoms with E-state index in [4.69, 9.17) is 11.6 Å². The molecule has 2 aromatic carbocycles. The van der Waals surface area contributed by atoms with E-state index in [1.807, 2.05) is 54.1 Å². The second kappa shape index (κ2) is 9.26. The van der Waals surface area contributed by atoms with Gasteiger partial charge in [0.05, 0.1) is 6.04 Å². The van der Waals surface area contributed by atoms with E-state index >= 15 is 0 Å². The zero-order valence-corrected chi connectivity index (χ0v) is 17.7. The van der Waals surface area contributed by atoms with Crippen molar-refractivity contribution in [2.45, 2.75) is 30.8 Å². The van der Waals surface area contributed by atoms with Crippen LogP contribution >= 0.6 is 23.4 Å². The molecule has 28 heavy (non-hydrogen) atoms. The molecule has 7 heteroatoms. The molecule has 1 aromatic heterocycles. The first kappa shape index (κ1) is 20.4. The molecular weight excluding hydrogens is 392 g/mol. The van der Waals surface area contributed by atoms with Crippen LogP contribution in [0.5, 0.6) is 0 Å². The number of benzene rings is 2. The van der Waals surface area contributed by atoms with Crippen LogP contribution in [-0.2, 0) is 12.8 Å². The zero-order valence-electron chi connectivity index (χ0n) is 16.1. The average Bonchev–Trinajstić information content (AvgIpc) is 3.06. The first-order valence-corrected chi connectivity index (χ1v) is 10.4. The molecule has 0 radical (unpaired) electrons. The third-order valence-electron chi connectivity index (χ3n) is 4.45. The van der Waals surface area contributed by atoms with Crippen molar-refractivity contribution in [2.75, 3.05) is 0 Å². The molecule has 0 saturated carbocycles. The molecule has 0 bridgehead atoms. The van der Waals surface area contributed by atoms with E-state index < -0.39 is 0 Å². The minimum absolute atomic E-state index is 0.118. The highest BCUT2D eigenvalue weighted by atomic mass is 35.5. The van der Waals surface area contributed by atoms with Crippen molar-refractivity contribution < 1.29 is 4.79 Å². The van der Waals surface area contributed by atoms with Gasteiger partial charge in [-0.05, 0) is 29.7 Å². The van der Waals surface area contributed by atoms with E-state index in [9.17, 15) is 4.79 Å². The Labute approximate surface area is 174 Å². The second-order valence-electron chi connectivity index (χ2n) is 6.84. The average molecular weight is 415 g/mol. The Balaban J connectivity index is 1.75. The topological polar surface area (TPSA) is 59.8 Å². The van der Waals surface area contributed by atoms with Crippen LogP contribution in [0.4, 0.5) is 0 Å². The summed E-state index contributed by atoms with van der Waals surface area (Å²) < 4.78 is 1.94. The van der Waals surface area contributed by atoms with Gasteiger partial charge in [-0.2, -0.15) is 0 Å². The maximum Gasteiger partial charge on any atom is 0.251 e. The molecule has 0 saturated heterocycles. The number of amides is 1. The molecule has 1 heterocycles. The minimum Gasteiger partial charge on any atom is -0.342 e. The summed E-state index contributed by atoms with van der Waals surface area (Å²) in [6.07, 6.45) is 0. The van der Waals surface area contributed by atoms with Crippen LogP contribution in [0.15, 0.2) is 59.8 Å². The molecule has 1 atom stereocenters. The summed E-state index contributed by atoms with van der Waals surface area (Å²) in [6.45, 7) is 4.11. The Morgan fingerprint density at radius 3 is 2.46 bits per heavy atom. The lowest BCUT2D eigenvalue weighted by Crippen LogP contribution is -2.33. The van der Waals surface area contributed by atoms with Gasteiger partial charge in [0.25, 0.3) is 5.91 Å². The number of rotatable bonds is 7. The number of nitrogens with zero attached hydrogens (tertiary/aromatic N) is 3. The van der Waals surface area contributed by atoms with Crippen LogP contribution in [0.2, 0.25) is 5.02 Å². The molecule has 0 aliphatic rings. The third kappa shape index (κ3) is 4.75. The zero-order chi connectivity index (χ0) is 20.1. The van der Waals surface area contributed by atoms with E-state index in [0.717, 1.165) is 21.6 Å². The first-order chi connectivity index (χ1) is 13.5. The Kier molecular flexibility index (Phi) is 6.75. The summed E-state index contributed by atoms with van der Waals surface area (Å²) in [4.78, 5) is 12.6. The monoisotopic (exact) mass is 414 g/mol. The van der Waals surface area contributed by atoms with E-state index in [0.29, 0.717) is 11.3 Å². The molecular formula is C21H23ClN4OS. The van der Waals surface area contributed by atoms with Gasteiger partial charge in [-0.3, -0.25) is 4.79 Å². The van der Waals surface area contributed by atoms with E-state index in [2.05, 4.69) is 29.4 Å². The molecule has 0 fully saturated rings. The molecule has 0 unspecified atom stereocenters. The Hall–Kier alpha value is -2.31. The summed E-state index contributed by atoms with van der Waals surface area (Å²) in [5, 5.41) is 13.3. The summed E-state index contributed by atoms with van der Waals surface area (Å²) in [5.41, 5.74) is 1.68. The van der Waals surface area contributed by atoms with Gasteiger partial charge in [-0.15, -0.1) is 10.2 Å². The van der Waals surface area contributed by atoms with Gasteiger partial charge in [-0.25, -0.2) is 0 Å². The fourth-order valence-corrected chi connectivity index (χ4v) is 4.03. The van der Waals surface area contributed by atoms with Crippen LogP contribution in [0.1, 0.15) is 41.6 Å². The summed E-state index contributed by atoms with van der Waals surface area (Å²) in [6, 6.07) is 16.7. The summed E-state index contributed by atoms with van der Waals surface area (Å²) >= 11 is 7.81. The first-order valence-electron chi connectivity index (χ1n) is 9.08. The maximum absolute atomic E-state index is 12.6. The highest BCUT2D eigenvalue weighted by Gasteiger charge is 2.25. The molecule has 0 aliphatic carbocycles. The summed E-state index contributed by atoms with van der Waals surface area (Å²) in [5.74, 6) is 1.49. The Morgan fingerprint density at radius 2 is 1.79 bits per heavy atom. The molecule has 0 aliphatic heterocycles.